The first-order valence-electron chi connectivity index (χ1n) is 5.13. The molecule has 18 heavy (non-hydrogen) atoms. The normalized spacial score (nSPS) is 13.0. The van der Waals surface area contributed by atoms with Gasteiger partial charge in [-0.25, -0.2) is 13.2 Å². The van der Waals surface area contributed by atoms with E-state index in [0.29, 0.717) is 5.69 Å². The summed E-state index contributed by atoms with van der Waals surface area (Å²) in [5.74, 6) is -1.04. The third-order valence-corrected chi connectivity index (χ3v) is 3.38. The van der Waals surface area contributed by atoms with Gasteiger partial charge in [0.1, 0.15) is 6.04 Å². The van der Waals surface area contributed by atoms with E-state index < -0.39 is 21.8 Å². The number of carboxylic acid groups (broad SMARTS) is 1. The summed E-state index contributed by atoms with van der Waals surface area (Å²) >= 11 is 0. The lowest BCUT2D eigenvalue weighted by Gasteiger charge is -2.14. The molecule has 0 aromatic heterocycles. The van der Waals surface area contributed by atoms with E-state index in [1.807, 2.05) is 0 Å². The maximum atomic E-state index is 11.2. The van der Waals surface area contributed by atoms with E-state index in [1.165, 1.54) is 31.4 Å². The molecule has 1 aromatic carbocycles. The number of rotatable bonds is 6. The van der Waals surface area contributed by atoms with Gasteiger partial charge in [0.15, 0.2) is 9.84 Å². The molecule has 100 valence electrons. The maximum Gasteiger partial charge on any atom is 0.328 e. The van der Waals surface area contributed by atoms with Gasteiger partial charge in [-0.3, -0.25) is 0 Å². The zero-order valence-corrected chi connectivity index (χ0v) is 10.9. The van der Waals surface area contributed by atoms with E-state index >= 15 is 0 Å². The quantitative estimate of drug-likeness (QED) is 0.788. The van der Waals surface area contributed by atoms with Crippen LogP contribution in [0.3, 0.4) is 0 Å². The van der Waals surface area contributed by atoms with E-state index in [1.54, 1.807) is 0 Å². The van der Waals surface area contributed by atoms with Gasteiger partial charge in [0, 0.05) is 19.1 Å². The highest BCUT2D eigenvalue weighted by molar-refractivity contribution is 7.90. The Kier molecular flexibility index (Phi) is 4.69. The number of methoxy groups -OCH3 is 1. The molecule has 2 N–H and O–H groups in total. The molecule has 0 saturated carbocycles. The maximum absolute atomic E-state index is 11.2. The van der Waals surface area contributed by atoms with Crippen LogP contribution in [0.4, 0.5) is 5.69 Å². The molecule has 0 aliphatic heterocycles. The van der Waals surface area contributed by atoms with Crippen molar-refractivity contribution in [1.29, 1.82) is 0 Å². The van der Waals surface area contributed by atoms with Crippen LogP contribution in [-0.4, -0.2) is 45.5 Å². The number of carboxylic acids is 1. The van der Waals surface area contributed by atoms with Crippen LogP contribution >= 0.6 is 0 Å². The fourth-order valence-corrected chi connectivity index (χ4v) is 1.97. The van der Waals surface area contributed by atoms with E-state index in [0.717, 1.165) is 6.26 Å². The number of hydrogen-bond acceptors (Lipinski definition) is 5. The minimum absolute atomic E-state index is 0.0170. The molecule has 0 fully saturated rings. The van der Waals surface area contributed by atoms with Crippen molar-refractivity contribution >= 4 is 21.5 Å². The molecule has 1 rings (SSSR count). The Morgan fingerprint density at radius 1 is 1.39 bits per heavy atom. The lowest BCUT2D eigenvalue weighted by atomic mass is 10.2. The van der Waals surface area contributed by atoms with Crippen LogP contribution in [-0.2, 0) is 19.4 Å². The zero-order valence-electron chi connectivity index (χ0n) is 10.1. The lowest BCUT2D eigenvalue weighted by molar-refractivity contribution is -0.139. The highest BCUT2D eigenvalue weighted by Gasteiger charge is 2.16. The average Bonchev–Trinajstić information content (AvgIpc) is 2.28. The molecule has 0 aliphatic carbocycles. The van der Waals surface area contributed by atoms with Crippen molar-refractivity contribution in [2.75, 3.05) is 25.3 Å². The number of carbonyl (C=O) groups is 1. The number of sulfone groups is 1. The first kappa shape index (κ1) is 14.5. The van der Waals surface area contributed by atoms with Gasteiger partial charge in [0.25, 0.3) is 0 Å². The van der Waals surface area contributed by atoms with Crippen molar-refractivity contribution in [2.24, 2.45) is 0 Å². The number of anilines is 1. The van der Waals surface area contributed by atoms with Crippen LogP contribution in [0.1, 0.15) is 0 Å². The van der Waals surface area contributed by atoms with Crippen LogP contribution in [0.25, 0.3) is 0 Å². The summed E-state index contributed by atoms with van der Waals surface area (Å²) in [4.78, 5) is 11.1. The summed E-state index contributed by atoms with van der Waals surface area (Å²) < 4.78 is 27.3. The van der Waals surface area contributed by atoms with E-state index in [4.69, 9.17) is 9.84 Å². The number of benzene rings is 1. The number of hydrogen-bond donors (Lipinski definition) is 2. The zero-order chi connectivity index (χ0) is 13.8. The van der Waals surface area contributed by atoms with Crippen molar-refractivity contribution in [2.45, 2.75) is 10.9 Å². The van der Waals surface area contributed by atoms with E-state index in [2.05, 4.69) is 5.32 Å². The van der Waals surface area contributed by atoms with Crippen LogP contribution in [0, 0.1) is 0 Å². The average molecular weight is 273 g/mol. The molecule has 0 amide bonds. The summed E-state index contributed by atoms with van der Waals surface area (Å²) in [6.45, 7) is 0.0170. The summed E-state index contributed by atoms with van der Waals surface area (Å²) in [5.41, 5.74) is 0.520. The molecule has 0 saturated heterocycles. The van der Waals surface area contributed by atoms with Gasteiger partial charge in [0.2, 0.25) is 0 Å². The minimum atomic E-state index is -3.24. The van der Waals surface area contributed by atoms with E-state index in [-0.39, 0.29) is 11.5 Å². The second-order valence-corrected chi connectivity index (χ2v) is 5.80. The first-order valence-corrected chi connectivity index (χ1v) is 7.02. The Hall–Kier alpha value is -1.60. The third-order valence-electron chi connectivity index (χ3n) is 2.25. The number of nitrogens with one attached hydrogen (secondary N) is 1. The molecule has 0 radical (unpaired) electrons. The van der Waals surface area contributed by atoms with Gasteiger partial charge in [-0.1, -0.05) is 0 Å². The largest absolute Gasteiger partial charge is 0.480 e. The van der Waals surface area contributed by atoms with Crippen molar-refractivity contribution < 1.29 is 23.1 Å². The number of aliphatic carboxylic acids is 1. The molecule has 0 aliphatic rings. The molecular formula is C11H15NO5S. The third kappa shape index (κ3) is 4.01. The van der Waals surface area contributed by atoms with Crippen LogP contribution in [0.15, 0.2) is 29.2 Å². The van der Waals surface area contributed by atoms with Crippen LogP contribution in [0.2, 0.25) is 0 Å². The SMILES string of the molecule is COCC(Nc1ccc(S(C)(=O)=O)cc1)C(=O)O. The van der Waals surface area contributed by atoms with Gasteiger partial charge in [0.05, 0.1) is 11.5 Å². The van der Waals surface area contributed by atoms with Crippen molar-refractivity contribution in [1.82, 2.24) is 0 Å². The topological polar surface area (TPSA) is 92.7 Å². The first-order chi connectivity index (χ1) is 8.34. The molecule has 1 unspecified atom stereocenters. The summed E-state index contributed by atoms with van der Waals surface area (Å²) in [6.07, 6.45) is 1.11. The Morgan fingerprint density at radius 2 is 1.94 bits per heavy atom. The highest BCUT2D eigenvalue weighted by atomic mass is 32.2. The van der Waals surface area contributed by atoms with Crippen molar-refractivity contribution in [3.05, 3.63) is 24.3 Å². The molecule has 1 aromatic rings. The second kappa shape index (κ2) is 5.83. The Labute approximate surface area is 106 Å². The van der Waals surface area contributed by atoms with Crippen molar-refractivity contribution in [3.63, 3.8) is 0 Å². The smallest absolute Gasteiger partial charge is 0.328 e. The Morgan fingerprint density at radius 3 is 2.33 bits per heavy atom. The second-order valence-electron chi connectivity index (χ2n) is 3.79. The van der Waals surface area contributed by atoms with Gasteiger partial charge in [-0.2, -0.15) is 0 Å². The molecule has 1 atom stereocenters. The van der Waals surface area contributed by atoms with Gasteiger partial charge in [-0.15, -0.1) is 0 Å². The fourth-order valence-electron chi connectivity index (χ4n) is 1.34. The summed E-state index contributed by atoms with van der Waals surface area (Å²) in [5, 5.41) is 11.6. The fraction of sp³-hybridized carbons (Fsp3) is 0.364. The molecule has 0 bridgehead atoms. The monoisotopic (exact) mass is 273 g/mol. The van der Waals surface area contributed by atoms with Gasteiger partial charge in [-0.05, 0) is 24.3 Å². The van der Waals surface area contributed by atoms with Gasteiger partial charge < -0.3 is 15.2 Å². The number of ether oxygens (including phenoxy) is 1. The molecule has 6 nitrogen and oxygen atoms in total. The van der Waals surface area contributed by atoms with Crippen LogP contribution < -0.4 is 5.32 Å². The van der Waals surface area contributed by atoms with E-state index in [9.17, 15) is 13.2 Å². The summed E-state index contributed by atoms with van der Waals surface area (Å²) in [7, 11) is -1.84. The van der Waals surface area contributed by atoms with Crippen LogP contribution in [0.5, 0.6) is 0 Å². The molecule has 0 heterocycles. The minimum Gasteiger partial charge on any atom is -0.480 e. The van der Waals surface area contributed by atoms with Crippen molar-refractivity contribution in [3.8, 4) is 0 Å². The molecule has 0 spiro atoms. The highest BCUT2D eigenvalue weighted by Crippen LogP contribution is 2.14. The predicted octanol–water partition coefficient (Wildman–Crippen LogP) is 0.602. The predicted molar refractivity (Wildman–Crippen MR) is 66.5 cm³/mol. The Bertz CT molecular complexity index is 509. The Balaban J connectivity index is 2.83. The summed E-state index contributed by atoms with van der Waals surface area (Å²) in [6, 6.07) is 5.00. The molecular weight excluding hydrogens is 258 g/mol. The molecule has 7 heteroatoms. The van der Waals surface area contributed by atoms with Gasteiger partial charge >= 0.3 is 5.97 Å². The lowest BCUT2D eigenvalue weighted by Crippen LogP contribution is -2.33. The standard InChI is InChI=1S/C11H15NO5S/c1-17-7-10(11(13)14)12-8-3-5-9(6-4-8)18(2,15)16/h3-6,10,12H,7H2,1-2H3,(H,13,14).